The SMILES string of the molecule is CCCCC(=O)NCc1cc(OC)c(OC)cc1C. The van der Waals surface area contributed by atoms with Gasteiger partial charge in [0.1, 0.15) is 0 Å². The minimum Gasteiger partial charge on any atom is -0.493 e. The van der Waals surface area contributed by atoms with Crippen LogP contribution >= 0.6 is 0 Å². The predicted octanol–water partition coefficient (Wildman–Crippen LogP) is 2.82. The second kappa shape index (κ2) is 7.67. The molecule has 1 rings (SSSR count). The summed E-state index contributed by atoms with van der Waals surface area (Å²) in [7, 11) is 3.22. The molecule has 106 valence electrons. The maximum Gasteiger partial charge on any atom is 0.220 e. The maximum atomic E-state index is 11.6. The van der Waals surface area contributed by atoms with Gasteiger partial charge in [-0.15, -0.1) is 0 Å². The van der Waals surface area contributed by atoms with Gasteiger partial charge in [0.15, 0.2) is 11.5 Å². The van der Waals surface area contributed by atoms with Crippen molar-refractivity contribution in [3.63, 3.8) is 0 Å². The van der Waals surface area contributed by atoms with E-state index in [-0.39, 0.29) is 5.91 Å². The molecule has 1 aromatic rings. The van der Waals surface area contributed by atoms with Gasteiger partial charge in [0.05, 0.1) is 14.2 Å². The van der Waals surface area contributed by atoms with Crippen LogP contribution in [0.15, 0.2) is 12.1 Å². The first-order valence-electron chi connectivity index (χ1n) is 6.60. The molecule has 1 amide bonds. The van der Waals surface area contributed by atoms with Gasteiger partial charge in [0, 0.05) is 13.0 Å². The summed E-state index contributed by atoms with van der Waals surface area (Å²) in [5, 5.41) is 2.93. The van der Waals surface area contributed by atoms with E-state index in [2.05, 4.69) is 12.2 Å². The smallest absolute Gasteiger partial charge is 0.220 e. The lowest BCUT2D eigenvalue weighted by Crippen LogP contribution is -2.22. The quantitative estimate of drug-likeness (QED) is 0.824. The Morgan fingerprint density at radius 1 is 1.21 bits per heavy atom. The number of benzene rings is 1. The maximum absolute atomic E-state index is 11.6. The summed E-state index contributed by atoms with van der Waals surface area (Å²) >= 11 is 0. The molecule has 0 saturated heterocycles. The molecule has 4 nitrogen and oxygen atoms in total. The van der Waals surface area contributed by atoms with Crippen LogP contribution in [0.25, 0.3) is 0 Å². The molecule has 0 fully saturated rings. The molecule has 0 unspecified atom stereocenters. The lowest BCUT2D eigenvalue weighted by Gasteiger charge is -2.13. The van der Waals surface area contributed by atoms with Gasteiger partial charge in [-0.2, -0.15) is 0 Å². The number of rotatable bonds is 7. The van der Waals surface area contributed by atoms with Gasteiger partial charge >= 0.3 is 0 Å². The number of aryl methyl sites for hydroxylation is 1. The Hall–Kier alpha value is -1.71. The highest BCUT2D eigenvalue weighted by atomic mass is 16.5. The number of carbonyl (C=O) groups excluding carboxylic acids is 1. The Bertz CT molecular complexity index is 430. The van der Waals surface area contributed by atoms with Crippen LogP contribution < -0.4 is 14.8 Å². The van der Waals surface area contributed by atoms with E-state index in [4.69, 9.17) is 9.47 Å². The van der Waals surface area contributed by atoms with Gasteiger partial charge in [-0.3, -0.25) is 4.79 Å². The normalized spacial score (nSPS) is 10.1. The zero-order chi connectivity index (χ0) is 14.3. The number of amides is 1. The van der Waals surface area contributed by atoms with Crippen LogP contribution in [0.3, 0.4) is 0 Å². The lowest BCUT2D eigenvalue weighted by molar-refractivity contribution is -0.121. The van der Waals surface area contributed by atoms with Crippen LogP contribution in [-0.2, 0) is 11.3 Å². The first kappa shape index (κ1) is 15.3. The molecule has 0 heterocycles. The van der Waals surface area contributed by atoms with Crippen LogP contribution in [0.4, 0.5) is 0 Å². The molecule has 1 aromatic carbocycles. The largest absolute Gasteiger partial charge is 0.493 e. The molecular formula is C15H23NO3. The fourth-order valence-corrected chi connectivity index (χ4v) is 1.83. The van der Waals surface area contributed by atoms with Crippen molar-refractivity contribution in [1.29, 1.82) is 0 Å². The molecule has 0 aliphatic rings. The summed E-state index contributed by atoms with van der Waals surface area (Å²) in [6.07, 6.45) is 2.54. The van der Waals surface area contributed by atoms with Crippen molar-refractivity contribution in [3.05, 3.63) is 23.3 Å². The van der Waals surface area contributed by atoms with E-state index in [0.29, 0.717) is 24.5 Å². The van der Waals surface area contributed by atoms with Crippen molar-refractivity contribution in [2.45, 2.75) is 39.7 Å². The summed E-state index contributed by atoms with van der Waals surface area (Å²) in [6.45, 7) is 4.59. The van der Waals surface area contributed by atoms with Crippen molar-refractivity contribution in [3.8, 4) is 11.5 Å². The zero-order valence-electron chi connectivity index (χ0n) is 12.2. The third kappa shape index (κ3) is 4.47. The third-order valence-corrected chi connectivity index (χ3v) is 3.08. The predicted molar refractivity (Wildman–Crippen MR) is 75.7 cm³/mol. The van der Waals surface area contributed by atoms with Gasteiger partial charge in [-0.1, -0.05) is 13.3 Å². The Morgan fingerprint density at radius 2 is 1.84 bits per heavy atom. The topological polar surface area (TPSA) is 47.6 Å². The summed E-state index contributed by atoms with van der Waals surface area (Å²) in [5.41, 5.74) is 2.12. The Balaban J connectivity index is 2.70. The van der Waals surface area contributed by atoms with Crippen molar-refractivity contribution in [2.75, 3.05) is 14.2 Å². The highest BCUT2D eigenvalue weighted by Crippen LogP contribution is 2.30. The van der Waals surface area contributed by atoms with Crippen LogP contribution in [0.2, 0.25) is 0 Å². The number of hydrogen-bond donors (Lipinski definition) is 1. The number of unbranched alkanes of at least 4 members (excludes halogenated alkanes) is 1. The van der Waals surface area contributed by atoms with Gasteiger partial charge < -0.3 is 14.8 Å². The molecule has 0 atom stereocenters. The van der Waals surface area contributed by atoms with E-state index in [9.17, 15) is 4.79 Å². The Morgan fingerprint density at radius 3 is 2.42 bits per heavy atom. The molecular weight excluding hydrogens is 242 g/mol. The molecule has 0 aliphatic carbocycles. The first-order valence-corrected chi connectivity index (χ1v) is 6.60. The fourth-order valence-electron chi connectivity index (χ4n) is 1.83. The highest BCUT2D eigenvalue weighted by Gasteiger charge is 2.09. The molecule has 0 aromatic heterocycles. The van der Waals surface area contributed by atoms with Crippen molar-refractivity contribution in [2.24, 2.45) is 0 Å². The average molecular weight is 265 g/mol. The van der Waals surface area contributed by atoms with Crippen molar-refractivity contribution < 1.29 is 14.3 Å². The third-order valence-electron chi connectivity index (χ3n) is 3.08. The zero-order valence-corrected chi connectivity index (χ0v) is 12.2. The monoisotopic (exact) mass is 265 g/mol. The number of carbonyl (C=O) groups is 1. The van der Waals surface area contributed by atoms with E-state index in [1.54, 1.807) is 14.2 Å². The van der Waals surface area contributed by atoms with Crippen molar-refractivity contribution in [1.82, 2.24) is 5.32 Å². The Kier molecular flexibility index (Phi) is 6.19. The fraction of sp³-hybridized carbons (Fsp3) is 0.533. The van der Waals surface area contributed by atoms with Gasteiger partial charge in [0.2, 0.25) is 5.91 Å². The second-order valence-electron chi connectivity index (χ2n) is 4.51. The second-order valence-corrected chi connectivity index (χ2v) is 4.51. The standard InChI is InChI=1S/C15H23NO3/c1-5-6-7-15(17)16-10-12-9-14(19-4)13(18-3)8-11(12)2/h8-9H,5-7,10H2,1-4H3,(H,16,17). The number of hydrogen-bond acceptors (Lipinski definition) is 3. The van der Waals surface area contributed by atoms with E-state index in [1.807, 2.05) is 19.1 Å². The van der Waals surface area contributed by atoms with Gasteiger partial charge in [-0.25, -0.2) is 0 Å². The van der Waals surface area contributed by atoms with E-state index < -0.39 is 0 Å². The van der Waals surface area contributed by atoms with Gasteiger partial charge in [-0.05, 0) is 36.6 Å². The first-order chi connectivity index (χ1) is 9.12. The molecule has 0 bridgehead atoms. The van der Waals surface area contributed by atoms with Crippen LogP contribution in [0.5, 0.6) is 11.5 Å². The minimum atomic E-state index is 0.0936. The number of methoxy groups -OCH3 is 2. The van der Waals surface area contributed by atoms with E-state index in [1.165, 1.54) is 0 Å². The minimum absolute atomic E-state index is 0.0936. The number of ether oxygens (including phenoxy) is 2. The number of nitrogens with one attached hydrogen (secondary N) is 1. The summed E-state index contributed by atoms with van der Waals surface area (Å²) < 4.78 is 10.5. The lowest BCUT2D eigenvalue weighted by atomic mass is 10.1. The molecule has 1 N–H and O–H groups in total. The summed E-state index contributed by atoms with van der Waals surface area (Å²) in [4.78, 5) is 11.6. The average Bonchev–Trinajstić information content (AvgIpc) is 2.43. The molecule has 4 heteroatoms. The summed E-state index contributed by atoms with van der Waals surface area (Å²) in [6, 6.07) is 3.83. The van der Waals surface area contributed by atoms with E-state index >= 15 is 0 Å². The van der Waals surface area contributed by atoms with E-state index in [0.717, 1.165) is 24.0 Å². The van der Waals surface area contributed by atoms with Crippen LogP contribution in [0, 0.1) is 6.92 Å². The van der Waals surface area contributed by atoms with Crippen LogP contribution in [-0.4, -0.2) is 20.1 Å². The molecule has 0 saturated carbocycles. The molecule has 0 radical (unpaired) electrons. The molecule has 0 spiro atoms. The Labute approximate surface area is 115 Å². The summed E-state index contributed by atoms with van der Waals surface area (Å²) in [5.74, 6) is 1.49. The van der Waals surface area contributed by atoms with Crippen LogP contribution in [0.1, 0.15) is 37.3 Å². The molecule has 0 aliphatic heterocycles. The highest BCUT2D eigenvalue weighted by molar-refractivity contribution is 5.75. The molecule has 19 heavy (non-hydrogen) atoms. The van der Waals surface area contributed by atoms with Crippen molar-refractivity contribution >= 4 is 5.91 Å². The van der Waals surface area contributed by atoms with Gasteiger partial charge in [0.25, 0.3) is 0 Å².